The van der Waals surface area contributed by atoms with Crippen LogP contribution in [0.25, 0.3) is 0 Å². The Kier molecular flexibility index (Phi) is 21.8. The summed E-state index contributed by atoms with van der Waals surface area (Å²) in [6.07, 6.45) is 16.3. The SMILES string of the molecule is C=CCC(CCCCCCCCCCC)[NH+](CCO)CCO.[Cl-]. The molecule has 0 bridgehead atoms. The van der Waals surface area contributed by atoms with Crippen LogP contribution in [-0.4, -0.2) is 42.6 Å². The summed E-state index contributed by atoms with van der Waals surface area (Å²) in [4.78, 5) is 1.32. The summed E-state index contributed by atoms with van der Waals surface area (Å²) in [6.45, 7) is 7.98. The molecule has 0 spiro atoms. The molecule has 0 saturated carbocycles. The highest BCUT2D eigenvalue weighted by atomic mass is 35.5. The lowest BCUT2D eigenvalue weighted by Crippen LogP contribution is -3.16. The lowest BCUT2D eigenvalue weighted by atomic mass is 10.0. The minimum absolute atomic E-state index is 0. The van der Waals surface area contributed by atoms with Gasteiger partial charge in [0.15, 0.2) is 0 Å². The van der Waals surface area contributed by atoms with Gasteiger partial charge in [0.2, 0.25) is 0 Å². The van der Waals surface area contributed by atoms with Crippen LogP contribution in [0.15, 0.2) is 12.7 Å². The molecule has 0 fully saturated rings. The normalized spacial score (nSPS) is 12.2. The number of quaternary nitrogens is 1. The molecular weight excluding hydrogens is 310 g/mol. The van der Waals surface area contributed by atoms with Gasteiger partial charge in [0.25, 0.3) is 0 Å². The Morgan fingerprint density at radius 1 is 0.870 bits per heavy atom. The fraction of sp³-hybridized carbons (Fsp3) is 0.895. The molecular formula is C19H40ClNO2. The van der Waals surface area contributed by atoms with Crippen LogP contribution >= 0.6 is 0 Å². The highest BCUT2D eigenvalue weighted by molar-refractivity contribution is 4.73. The molecule has 0 aliphatic carbocycles. The van der Waals surface area contributed by atoms with Crippen molar-refractivity contribution in [1.29, 1.82) is 0 Å². The number of nitrogens with one attached hydrogen (secondary N) is 1. The molecule has 0 aromatic carbocycles. The monoisotopic (exact) mass is 349 g/mol. The van der Waals surface area contributed by atoms with Gasteiger partial charge in [-0.1, -0.05) is 64.4 Å². The lowest BCUT2D eigenvalue weighted by Gasteiger charge is -2.27. The molecule has 140 valence electrons. The third-order valence-corrected chi connectivity index (χ3v) is 4.55. The van der Waals surface area contributed by atoms with E-state index < -0.39 is 0 Å². The van der Waals surface area contributed by atoms with Crippen molar-refractivity contribution in [3.8, 4) is 0 Å². The smallest absolute Gasteiger partial charge is 0.101 e. The minimum Gasteiger partial charge on any atom is -1.00 e. The van der Waals surface area contributed by atoms with Gasteiger partial charge in [-0.15, -0.1) is 6.58 Å². The number of unbranched alkanes of at least 4 members (excludes halogenated alkanes) is 8. The van der Waals surface area contributed by atoms with Gasteiger partial charge in [-0.3, -0.25) is 0 Å². The molecule has 1 unspecified atom stereocenters. The van der Waals surface area contributed by atoms with Crippen LogP contribution in [0.1, 0.15) is 77.6 Å². The average molecular weight is 350 g/mol. The van der Waals surface area contributed by atoms with Gasteiger partial charge < -0.3 is 27.5 Å². The van der Waals surface area contributed by atoms with E-state index in [-0.39, 0.29) is 25.6 Å². The summed E-state index contributed by atoms with van der Waals surface area (Å²) in [7, 11) is 0. The highest BCUT2D eigenvalue weighted by Crippen LogP contribution is 2.11. The van der Waals surface area contributed by atoms with Crippen LogP contribution in [-0.2, 0) is 0 Å². The topological polar surface area (TPSA) is 44.9 Å². The Balaban J connectivity index is 0. The summed E-state index contributed by atoms with van der Waals surface area (Å²) in [5.74, 6) is 0. The third-order valence-electron chi connectivity index (χ3n) is 4.55. The van der Waals surface area contributed by atoms with E-state index in [1.165, 1.54) is 69.1 Å². The molecule has 0 rings (SSSR count). The first kappa shape index (κ1) is 25.2. The first-order chi connectivity index (χ1) is 10.8. The highest BCUT2D eigenvalue weighted by Gasteiger charge is 2.19. The van der Waals surface area contributed by atoms with E-state index in [9.17, 15) is 10.2 Å². The maximum absolute atomic E-state index is 9.18. The van der Waals surface area contributed by atoms with Crippen LogP contribution in [0.3, 0.4) is 0 Å². The Hall–Kier alpha value is -0.0900. The molecule has 0 aromatic heterocycles. The predicted octanol–water partition coefficient (Wildman–Crippen LogP) is -0.274. The Bertz CT molecular complexity index is 233. The number of hydrogen-bond donors (Lipinski definition) is 3. The fourth-order valence-corrected chi connectivity index (χ4v) is 3.21. The van der Waals surface area contributed by atoms with Gasteiger partial charge in [0.1, 0.15) is 13.1 Å². The maximum atomic E-state index is 9.18. The molecule has 23 heavy (non-hydrogen) atoms. The lowest BCUT2D eigenvalue weighted by molar-refractivity contribution is -0.926. The number of aliphatic hydroxyl groups excluding tert-OH is 2. The predicted molar refractivity (Wildman–Crippen MR) is 95.3 cm³/mol. The van der Waals surface area contributed by atoms with Crippen molar-refractivity contribution in [2.45, 2.75) is 83.6 Å². The van der Waals surface area contributed by atoms with E-state index in [4.69, 9.17) is 0 Å². The molecule has 3 nitrogen and oxygen atoms in total. The fourth-order valence-electron chi connectivity index (χ4n) is 3.21. The summed E-state index contributed by atoms with van der Waals surface area (Å²) < 4.78 is 0. The van der Waals surface area contributed by atoms with Crippen LogP contribution < -0.4 is 17.3 Å². The van der Waals surface area contributed by atoms with Gasteiger partial charge in [0, 0.05) is 6.42 Å². The standard InChI is InChI=1S/C19H39NO2.ClH/c1-3-5-6-7-8-9-10-11-12-14-19(13-4-2)20(15-17-21)16-18-22;/h4,19,21-22H,2-3,5-18H2,1H3;1H. The molecule has 4 heteroatoms. The zero-order valence-corrected chi connectivity index (χ0v) is 16.0. The van der Waals surface area contributed by atoms with Gasteiger partial charge in [-0.2, -0.15) is 0 Å². The molecule has 0 aliphatic heterocycles. The van der Waals surface area contributed by atoms with Crippen molar-refractivity contribution in [2.24, 2.45) is 0 Å². The molecule has 3 N–H and O–H groups in total. The Morgan fingerprint density at radius 2 is 1.35 bits per heavy atom. The van der Waals surface area contributed by atoms with E-state index in [1.54, 1.807) is 0 Å². The average Bonchev–Trinajstić information content (AvgIpc) is 2.52. The summed E-state index contributed by atoms with van der Waals surface area (Å²) in [6, 6.07) is 0.501. The van der Waals surface area contributed by atoms with E-state index in [1.807, 2.05) is 6.08 Å². The van der Waals surface area contributed by atoms with Crippen LogP contribution in [0.4, 0.5) is 0 Å². The first-order valence-corrected chi connectivity index (χ1v) is 9.47. The van der Waals surface area contributed by atoms with Crippen molar-refractivity contribution in [3.05, 3.63) is 12.7 Å². The molecule has 0 aromatic rings. The molecule has 0 saturated heterocycles. The third kappa shape index (κ3) is 15.2. The van der Waals surface area contributed by atoms with Crippen molar-refractivity contribution < 1.29 is 27.5 Å². The molecule has 1 atom stereocenters. The second kappa shape index (κ2) is 20.0. The summed E-state index contributed by atoms with van der Waals surface area (Å²) >= 11 is 0. The van der Waals surface area contributed by atoms with Crippen molar-refractivity contribution in [1.82, 2.24) is 0 Å². The Morgan fingerprint density at radius 3 is 1.78 bits per heavy atom. The summed E-state index contributed by atoms with van der Waals surface area (Å²) in [5.41, 5.74) is 0. The number of rotatable bonds is 17. The largest absolute Gasteiger partial charge is 1.00 e. The van der Waals surface area contributed by atoms with Crippen molar-refractivity contribution >= 4 is 0 Å². The van der Waals surface area contributed by atoms with Crippen LogP contribution in [0.5, 0.6) is 0 Å². The molecule has 0 radical (unpaired) electrons. The maximum Gasteiger partial charge on any atom is 0.101 e. The van der Waals surface area contributed by atoms with Gasteiger partial charge in [-0.05, 0) is 12.8 Å². The zero-order chi connectivity index (χ0) is 16.5. The van der Waals surface area contributed by atoms with E-state index in [2.05, 4.69) is 13.5 Å². The number of hydrogen-bond acceptors (Lipinski definition) is 2. The van der Waals surface area contributed by atoms with Gasteiger partial charge in [0.05, 0.1) is 19.3 Å². The minimum atomic E-state index is 0. The first-order valence-electron chi connectivity index (χ1n) is 9.47. The Labute approximate surface area is 150 Å². The number of aliphatic hydroxyl groups is 2. The molecule has 0 heterocycles. The molecule has 0 amide bonds. The van der Waals surface area contributed by atoms with E-state index in [0.29, 0.717) is 6.04 Å². The second-order valence-electron chi connectivity index (χ2n) is 6.44. The quantitative estimate of drug-likeness (QED) is 0.250. The van der Waals surface area contributed by atoms with Crippen LogP contribution in [0.2, 0.25) is 0 Å². The van der Waals surface area contributed by atoms with Crippen molar-refractivity contribution in [3.63, 3.8) is 0 Å². The second-order valence-corrected chi connectivity index (χ2v) is 6.44. The zero-order valence-electron chi connectivity index (χ0n) is 15.2. The van der Waals surface area contributed by atoms with E-state index >= 15 is 0 Å². The van der Waals surface area contributed by atoms with Crippen LogP contribution in [0, 0.1) is 0 Å². The summed E-state index contributed by atoms with van der Waals surface area (Å²) in [5, 5.41) is 18.4. The van der Waals surface area contributed by atoms with Crippen molar-refractivity contribution in [2.75, 3.05) is 26.3 Å². The van der Waals surface area contributed by atoms with Gasteiger partial charge in [-0.25, -0.2) is 0 Å². The van der Waals surface area contributed by atoms with Gasteiger partial charge >= 0.3 is 0 Å². The van der Waals surface area contributed by atoms with E-state index in [0.717, 1.165) is 19.5 Å². The molecule has 0 aliphatic rings. The number of halogens is 1.